The fourth-order valence-corrected chi connectivity index (χ4v) is 3.23. The molecular formula is C17H13Cl2N7O. The van der Waals surface area contributed by atoms with Gasteiger partial charge < -0.3 is 11.1 Å². The van der Waals surface area contributed by atoms with Crippen molar-refractivity contribution < 1.29 is 4.79 Å². The van der Waals surface area contributed by atoms with Crippen LogP contribution in [0.1, 0.15) is 16.1 Å². The third-order valence-electron chi connectivity index (χ3n) is 3.86. The summed E-state index contributed by atoms with van der Waals surface area (Å²) in [5, 5.41) is 12.1. The molecule has 0 spiro atoms. The van der Waals surface area contributed by atoms with E-state index in [9.17, 15) is 4.79 Å². The highest BCUT2D eigenvalue weighted by atomic mass is 35.5. The van der Waals surface area contributed by atoms with Gasteiger partial charge in [-0.2, -0.15) is 10.2 Å². The largest absolute Gasteiger partial charge is 0.384 e. The molecule has 8 nitrogen and oxygen atoms in total. The van der Waals surface area contributed by atoms with Gasteiger partial charge in [0.2, 0.25) is 0 Å². The number of anilines is 2. The quantitative estimate of drug-likeness (QED) is 0.547. The van der Waals surface area contributed by atoms with Crippen LogP contribution < -0.4 is 11.1 Å². The maximum absolute atomic E-state index is 12.8. The number of halogens is 2. The Bertz CT molecular complexity index is 1160. The van der Waals surface area contributed by atoms with E-state index in [1.807, 2.05) is 0 Å². The Hall–Kier alpha value is -3.10. The van der Waals surface area contributed by atoms with Crippen LogP contribution in [0.2, 0.25) is 10.0 Å². The van der Waals surface area contributed by atoms with E-state index in [0.29, 0.717) is 38.7 Å². The van der Waals surface area contributed by atoms with E-state index in [1.54, 1.807) is 43.5 Å². The van der Waals surface area contributed by atoms with Gasteiger partial charge in [-0.05, 0) is 25.1 Å². The smallest absolute Gasteiger partial charge is 0.262 e. The topological polar surface area (TPSA) is 103 Å². The number of nitrogens with two attached hydrogens (primary N) is 1. The molecule has 0 saturated heterocycles. The SMILES string of the molecule is Cc1cc(NC(=O)c2cnn3ccc(N)nc23)n(-c2c(Cl)cccc2Cl)n1. The van der Waals surface area contributed by atoms with E-state index in [-0.39, 0.29) is 5.56 Å². The van der Waals surface area contributed by atoms with E-state index in [0.717, 1.165) is 0 Å². The Kier molecular flexibility index (Phi) is 4.21. The minimum Gasteiger partial charge on any atom is -0.384 e. The number of nitrogens with one attached hydrogen (secondary N) is 1. The number of para-hydroxylation sites is 1. The second-order valence-electron chi connectivity index (χ2n) is 5.79. The molecule has 3 aromatic heterocycles. The summed E-state index contributed by atoms with van der Waals surface area (Å²) in [6, 6.07) is 8.44. The number of aromatic nitrogens is 5. The number of carbonyl (C=O) groups excluding carboxylic acids is 1. The van der Waals surface area contributed by atoms with Crippen LogP contribution in [-0.2, 0) is 0 Å². The summed E-state index contributed by atoms with van der Waals surface area (Å²) in [6.07, 6.45) is 3.06. The highest BCUT2D eigenvalue weighted by Gasteiger charge is 2.19. The van der Waals surface area contributed by atoms with Crippen molar-refractivity contribution in [3.05, 3.63) is 64.0 Å². The van der Waals surface area contributed by atoms with Gasteiger partial charge in [0.15, 0.2) is 5.65 Å². The van der Waals surface area contributed by atoms with Crippen LogP contribution in [0.4, 0.5) is 11.6 Å². The Labute approximate surface area is 163 Å². The molecule has 4 aromatic rings. The fraction of sp³-hybridized carbons (Fsp3) is 0.0588. The van der Waals surface area contributed by atoms with Crippen LogP contribution in [0.15, 0.2) is 42.7 Å². The average molecular weight is 402 g/mol. The lowest BCUT2D eigenvalue weighted by atomic mass is 10.3. The number of amides is 1. The van der Waals surface area contributed by atoms with Crippen LogP contribution >= 0.6 is 23.2 Å². The third kappa shape index (κ3) is 3.09. The summed E-state index contributed by atoms with van der Waals surface area (Å²) < 4.78 is 2.96. The molecule has 0 unspecified atom stereocenters. The van der Waals surface area contributed by atoms with Gasteiger partial charge in [0.05, 0.1) is 21.9 Å². The van der Waals surface area contributed by atoms with E-state index in [4.69, 9.17) is 28.9 Å². The molecule has 3 N–H and O–H groups in total. The molecule has 136 valence electrons. The molecule has 27 heavy (non-hydrogen) atoms. The molecular weight excluding hydrogens is 389 g/mol. The van der Waals surface area contributed by atoms with E-state index in [1.165, 1.54) is 15.4 Å². The zero-order valence-electron chi connectivity index (χ0n) is 14.0. The molecule has 0 fully saturated rings. The van der Waals surface area contributed by atoms with Crippen molar-refractivity contribution in [2.75, 3.05) is 11.1 Å². The van der Waals surface area contributed by atoms with Crippen molar-refractivity contribution in [3.8, 4) is 5.69 Å². The molecule has 1 aromatic carbocycles. The summed E-state index contributed by atoms with van der Waals surface area (Å²) in [4.78, 5) is 17.0. The molecule has 0 aliphatic heterocycles. The first-order chi connectivity index (χ1) is 12.9. The van der Waals surface area contributed by atoms with Crippen molar-refractivity contribution in [3.63, 3.8) is 0 Å². The van der Waals surface area contributed by atoms with Gasteiger partial charge in [0.1, 0.15) is 22.9 Å². The fourth-order valence-electron chi connectivity index (χ4n) is 2.68. The van der Waals surface area contributed by atoms with Gasteiger partial charge >= 0.3 is 0 Å². The number of rotatable bonds is 3. The van der Waals surface area contributed by atoms with E-state index in [2.05, 4.69) is 20.5 Å². The van der Waals surface area contributed by atoms with Crippen LogP contribution in [0, 0.1) is 6.92 Å². The number of benzene rings is 1. The van der Waals surface area contributed by atoms with Crippen molar-refractivity contribution in [2.24, 2.45) is 0 Å². The lowest BCUT2D eigenvalue weighted by molar-refractivity contribution is 0.102. The Morgan fingerprint density at radius 2 is 1.96 bits per heavy atom. The van der Waals surface area contributed by atoms with Gasteiger partial charge in [-0.15, -0.1) is 0 Å². The zero-order chi connectivity index (χ0) is 19.1. The van der Waals surface area contributed by atoms with Crippen molar-refractivity contribution in [1.29, 1.82) is 0 Å². The molecule has 3 heterocycles. The maximum atomic E-state index is 12.8. The number of fused-ring (bicyclic) bond motifs is 1. The van der Waals surface area contributed by atoms with Gasteiger partial charge in [-0.1, -0.05) is 29.3 Å². The Balaban J connectivity index is 1.75. The monoisotopic (exact) mass is 401 g/mol. The molecule has 1 amide bonds. The summed E-state index contributed by atoms with van der Waals surface area (Å²) >= 11 is 12.6. The number of hydrogen-bond acceptors (Lipinski definition) is 5. The van der Waals surface area contributed by atoms with Gasteiger partial charge in [0, 0.05) is 12.3 Å². The summed E-state index contributed by atoms with van der Waals surface area (Å²) in [6.45, 7) is 1.80. The first kappa shape index (κ1) is 17.3. The normalized spacial score (nSPS) is 11.1. The molecule has 0 atom stereocenters. The van der Waals surface area contributed by atoms with Crippen molar-refractivity contribution in [1.82, 2.24) is 24.4 Å². The predicted molar refractivity (Wildman–Crippen MR) is 104 cm³/mol. The van der Waals surface area contributed by atoms with Crippen LogP contribution in [0.3, 0.4) is 0 Å². The second kappa shape index (κ2) is 6.57. The lowest BCUT2D eigenvalue weighted by Gasteiger charge is -2.11. The van der Waals surface area contributed by atoms with Gasteiger partial charge in [-0.25, -0.2) is 14.2 Å². The Morgan fingerprint density at radius 3 is 2.70 bits per heavy atom. The van der Waals surface area contributed by atoms with E-state index >= 15 is 0 Å². The van der Waals surface area contributed by atoms with Crippen molar-refractivity contribution >= 4 is 46.4 Å². The third-order valence-corrected chi connectivity index (χ3v) is 4.47. The molecule has 0 bridgehead atoms. The standard InChI is InChI=1S/C17H13Cl2N7O/c1-9-7-14(26(24-9)15-11(18)3-2-4-12(15)19)23-17(27)10-8-21-25-6-5-13(20)22-16(10)25/h2-8H,1H3,(H2,20,22)(H,23,27). The van der Waals surface area contributed by atoms with Crippen LogP contribution in [0.25, 0.3) is 11.3 Å². The number of nitrogens with zero attached hydrogens (tertiary/aromatic N) is 5. The minimum absolute atomic E-state index is 0.276. The van der Waals surface area contributed by atoms with Crippen molar-refractivity contribution in [2.45, 2.75) is 6.92 Å². The van der Waals surface area contributed by atoms with E-state index < -0.39 is 5.91 Å². The number of hydrogen-bond donors (Lipinski definition) is 2. The lowest BCUT2D eigenvalue weighted by Crippen LogP contribution is -2.15. The molecule has 0 radical (unpaired) electrons. The predicted octanol–water partition coefficient (Wildman–Crippen LogP) is 3.36. The minimum atomic E-state index is -0.410. The molecule has 10 heteroatoms. The highest BCUT2D eigenvalue weighted by molar-refractivity contribution is 6.37. The zero-order valence-corrected chi connectivity index (χ0v) is 15.5. The van der Waals surface area contributed by atoms with Crippen LogP contribution in [-0.4, -0.2) is 30.3 Å². The Morgan fingerprint density at radius 1 is 1.22 bits per heavy atom. The molecule has 0 aliphatic rings. The first-order valence-electron chi connectivity index (χ1n) is 7.86. The summed E-state index contributed by atoms with van der Waals surface area (Å²) in [5.74, 6) is 0.295. The summed E-state index contributed by atoms with van der Waals surface area (Å²) in [5.41, 5.74) is 7.50. The second-order valence-corrected chi connectivity index (χ2v) is 6.60. The van der Waals surface area contributed by atoms with Gasteiger partial charge in [0.25, 0.3) is 5.91 Å². The molecule has 4 rings (SSSR count). The molecule has 0 aliphatic carbocycles. The average Bonchev–Trinajstić information content (AvgIpc) is 3.18. The number of nitrogen functional groups attached to an aromatic ring is 1. The number of carbonyl (C=O) groups is 1. The number of aryl methyl sites for hydroxylation is 1. The van der Waals surface area contributed by atoms with Gasteiger partial charge in [-0.3, -0.25) is 4.79 Å². The maximum Gasteiger partial charge on any atom is 0.262 e. The van der Waals surface area contributed by atoms with Crippen LogP contribution in [0.5, 0.6) is 0 Å². The highest BCUT2D eigenvalue weighted by Crippen LogP contribution is 2.31. The molecule has 0 saturated carbocycles. The first-order valence-corrected chi connectivity index (χ1v) is 8.62. The summed E-state index contributed by atoms with van der Waals surface area (Å²) in [7, 11) is 0.